The zero-order valence-corrected chi connectivity index (χ0v) is 17.5. The molecule has 1 spiro atoms. The summed E-state index contributed by atoms with van der Waals surface area (Å²) in [6, 6.07) is 12.2. The maximum absolute atomic E-state index is 12.8. The van der Waals surface area contributed by atoms with Crippen molar-refractivity contribution < 1.29 is 9.53 Å². The van der Waals surface area contributed by atoms with Crippen LogP contribution in [0.5, 0.6) is 0 Å². The zero-order chi connectivity index (χ0) is 20.7. The Labute approximate surface area is 176 Å². The third-order valence-corrected chi connectivity index (χ3v) is 6.30. The Kier molecular flexibility index (Phi) is 4.70. The van der Waals surface area contributed by atoms with E-state index < -0.39 is 0 Å². The van der Waals surface area contributed by atoms with Crippen LogP contribution in [-0.2, 0) is 28.1 Å². The molecule has 0 saturated carbocycles. The lowest BCUT2D eigenvalue weighted by Crippen LogP contribution is -2.49. The number of likely N-dealkylation sites (tertiary alicyclic amines) is 1. The zero-order valence-electron chi connectivity index (χ0n) is 17.5. The molecule has 4 heterocycles. The second-order valence-corrected chi connectivity index (χ2v) is 8.34. The van der Waals surface area contributed by atoms with Gasteiger partial charge in [0.05, 0.1) is 23.7 Å². The number of rotatable bonds is 3. The van der Waals surface area contributed by atoms with Crippen LogP contribution in [0.25, 0.3) is 5.69 Å². The Balaban J connectivity index is 1.32. The first kappa shape index (κ1) is 19.1. The number of nitrogens with zero attached hydrogens (tertiary/aromatic N) is 5. The van der Waals surface area contributed by atoms with Gasteiger partial charge in [-0.2, -0.15) is 10.2 Å². The van der Waals surface area contributed by atoms with E-state index in [0.29, 0.717) is 26.2 Å². The Bertz CT molecular complexity index is 1060. The summed E-state index contributed by atoms with van der Waals surface area (Å²) < 4.78 is 10.1. The van der Waals surface area contributed by atoms with Crippen LogP contribution in [0.2, 0.25) is 0 Å². The maximum Gasteiger partial charge on any atom is 0.244 e. The number of carbonyl (C=O) groups excluding carboxylic acids is 1. The molecular formula is C23H27N5O2. The molecule has 1 amide bonds. The Morgan fingerprint density at radius 3 is 2.60 bits per heavy atom. The molecule has 0 N–H and O–H groups in total. The minimum Gasteiger partial charge on any atom is -0.368 e. The van der Waals surface area contributed by atoms with Gasteiger partial charge in [-0.3, -0.25) is 9.48 Å². The van der Waals surface area contributed by atoms with Crippen LogP contribution < -0.4 is 0 Å². The summed E-state index contributed by atoms with van der Waals surface area (Å²) in [5.41, 5.74) is 4.93. The van der Waals surface area contributed by atoms with Crippen LogP contribution in [-0.4, -0.2) is 50.1 Å². The molecule has 5 rings (SSSR count). The van der Waals surface area contributed by atoms with E-state index in [1.807, 2.05) is 47.7 Å². The van der Waals surface area contributed by atoms with Gasteiger partial charge in [-0.25, -0.2) is 4.68 Å². The lowest BCUT2D eigenvalue weighted by atomic mass is 9.84. The monoisotopic (exact) mass is 405 g/mol. The third-order valence-electron chi connectivity index (χ3n) is 6.30. The van der Waals surface area contributed by atoms with Gasteiger partial charge in [-0.05, 0) is 56.9 Å². The van der Waals surface area contributed by atoms with Gasteiger partial charge in [-0.15, -0.1) is 0 Å². The SMILES string of the molecule is Cc1cc(C)n(CC(=O)N2CCC3(CC2)OCCc2cn(-c4ccccc4)nc23)n1. The number of aryl methyl sites for hydroxylation is 2. The van der Waals surface area contributed by atoms with E-state index in [1.54, 1.807) is 4.68 Å². The fourth-order valence-corrected chi connectivity index (χ4v) is 4.68. The average molecular weight is 406 g/mol. The Morgan fingerprint density at radius 2 is 1.90 bits per heavy atom. The van der Waals surface area contributed by atoms with E-state index in [-0.39, 0.29) is 11.5 Å². The minimum atomic E-state index is -0.386. The number of piperidine rings is 1. The summed E-state index contributed by atoms with van der Waals surface area (Å²) in [6.07, 6.45) is 4.56. The highest BCUT2D eigenvalue weighted by molar-refractivity contribution is 5.76. The van der Waals surface area contributed by atoms with Crippen LogP contribution in [0.15, 0.2) is 42.6 Å². The minimum absolute atomic E-state index is 0.113. The van der Waals surface area contributed by atoms with Gasteiger partial charge in [0.2, 0.25) is 5.91 Å². The molecule has 3 aromatic rings. The fraction of sp³-hybridized carbons (Fsp3) is 0.435. The molecule has 7 heteroatoms. The first-order valence-electron chi connectivity index (χ1n) is 10.6. The number of para-hydroxylation sites is 1. The number of ether oxygens (including phenoxy) is 1. The standard InChI is InChI=1S/C23H27N5O2/c1-17-14-18(2)27(24-17)16-21(29)26-11-9-23(10-12-26)22-19(8-13-30-23)15-28(25-22)20-6-4-3-5-7-20/h3-7,14-15H,8-13,16H2,1-2H3. The smallest absolute Gasteiger partial charge is 0.244 e. The molecule has 156 valence electrons. The largest absolute Gasteiger partial charge is 0.368 e. The summed E-state index contributed by atoms with van der Waals surface area (Å²) in [7, 11) is 0. The molecule has 2 aliphatic heterocycles. The highest BCUT2D eigenvalue weighted by Crippen LogP contribution is 2.41. The summed E-state index contributed by atoms with van der Waals surface area (Å²) in [6.45, 7) is 6.28. The molecule has 0 atom stereocenters. The van der Waals surface area contributed by atoms with E-state index in [2.05, 4.69) is 23.4 Å². The molecule has 1 aromatic carbocycles. The number of amides is 1. The van der Waals surface area contributed by atoms with Gasteiger partial charge >= 0.3 is 0 Å². The topological polar surface area (TPSA) is 65.2 Å². The van der Waals surface area contributed by atoms with Gasteiger partial charge < -0.3 is 9.64 Å². The molecule has 2 aliphatic rings. The summed E-state index contributed by atoms with van der Waals surface area (Å²) in [4.78, 5) is 14.8. The van der Waals surface area contributed by atoms with Crippen molar-refractivity contribution in [2.45, 2.75) is 45.3 Å². The number of carbonyl (C=O) groups is 1. The average Bonchev–Trinajstić information content (AvgIpc) is 3.33. The second kappa shape index (κ2) is 7.40. The lowest BCUT2D eigenvalue weighted by Gasteiger charge is -2.43. The lowest BCUT2D eigenvalue weighted by molar-refractivity contribution is -0.142. The first-order chi connectivity index (χ1) is 14.5. The van der Waals surface area contributed by atoms with E-state index in [1.165, 1.54) is 5.56 Å². The van der Waals surface area contributed by atoms with Crippen molar-refractivity contribution in [3.63, 3.8) is 0 Å². The predicted octanol–water partition coefficient (Wildman–Crippen LogP) is 2.78. The van der Waals surface area contributed by atoms with Crippen LogP contribution in [0.1, 0.15) is 35.5 Å². The Morgan fingerprint density at radius 1 is 1.13 bits per heavy atom. The molecule has 1 fully saturated rings. The number of benzene rings is 1. The predicted molar refractivity (Wildman–Crippen MR) is 112 cm³/mol. The van der Waals surface area contributed by atoms with Gasteiger partial charge in [0.15, 0.2) is 0 Å². The van der Waals surface area contributed by atoms with Crippen LogP contribution in [0.4, 0.5) is 0 Å². The quantitative estimate of drug-likeness (QED) is 0.672. The van der Waals surface area contributed by atoms with E-state index in [4.69, 9.17) is 9.84 Å². The molecule has 30 heavy (non-hydrogen) atoms. The highest BCUT2D eigenvalue weighted by atomic mass is 16.5. The summed E-state index contributed by atoms with van der Waals surface area (Å²) in [5, 5.41) is 9.35. The molecule has 0 bridgehead atoms. The van der Waals surface area contributed by atoms with Crippen molar-refractivity contribution in [1.29, 1.82) is 0 Å². The second-order valence-electron chi connectivity index (χ2n) is 8.34. The van der Waals surface area contributed by atoms with Crippen LogP contribution in [0, 0.1) is 13.8 Å². The van der Waals surface area contributed by atoms with Gasteiger partial charge in [0.1, 0.15) is 12.1 Å². The molecule has 1 saturated heterocycles. The molecule has 0 radical (unpaired) electrons. The highest BCUT2D eigenvalue weighted by Gasteiger charge is 2.44. The first-order valence-corrected chi connectivity index (χ1v) is 10.6. The molecule has 0 aliphatic carbocycles. The molecule has 7 nitrogen and oxygen atoms in total. The van der Waals surface area contributed by atoms with Crippen molar-refractivity contribution in [2.75, 3.05) is 19.7 Å². The van der Waals surface area contributed by atoms with Crippen molar-refractivity contribution in [1.82, 2.24) is 24.5 Å². The van der Waals surface area contributed by atoms with Crippen molar-refractivity contribution in [2.24, 2.45) is 0 Å². The molecule has 2 aromatic heterocycles. The van der Waals surface area contributed by atoms with E-state index in [9.17, 15) is 4.79 Å². The molecule has 0 unspecified atom stereocenters. The van der Waals surface area contributed by atoms with Gasteiger partial charge in [-0.1, -0.05) is 18.2 Å². The van der Waals surface area contributed by atoms with Gasteiger partial charge in [0.25, 0.3) is 0 Å². The van der Waals surface area contributed by atoms with E-state index in [0.717, 1.165) is 42.0 Å². The third kappa shape index (κ3) is 3.33. The normalized spacial score (nSPS) is 17.9. The van der Waals surface area contributed by atoms with E-state index >= 15 is 0 Å². The van der Waals surface area contributed by atoms with Crippen LogP contribution >= 0.6 is 0 Å². The van der Waals surface area contributed by atoms with Gasteiger partial charge in [0, 0.05) is 25.0 Å². The van der Waals surface area contributed by atoms with Crippen LogP contribution in [0.3, 0.4) is 0 Å². The number of hydrogen-bond donors (Lipinski definition) is 0. The Hall–Kier alpha value is -2.93. The number of hydrogen-bond acceptors (Lipinski definition) is 4. The van der Waals surface area contributed by atoms with Crippen molar-refractivity contribution >= 4 is 5.91 Å². The van der Waals surface area contributed by atoms with Crippen molar-refractivity contribution in [3.8, 4) is 5.69 Å². The van der Waals surface area contributed by atoms with Crippen molar-refractivity contribution in [3.05, 3.63) is 65.2 Å². The number of aromatic nitrogens is 4. The number of fused-ring (bicyclic) bond motifs is 2. The summed E-state index contributed by atoms with van der Waals surface area (Å²) in [5.74, 6) is 0.113. The molecular weight excluding hydrogens is 378 g/mol. The maximum atomic E-state index is 12.8. The fourth-order valence-electron chi connectivity index (χ4n) is 4.68. The summed E-state index contributed by atoms with van der Waals surface area (Å²) >= 11 is 0.